The van der Waals surface area contributed by atoms with Crippen molar-refractivity contribution in [2.45, 2.75) is 63.6 Å². The van der Waals surface area contributed by atoms with Gasteiger partial charge >= 0.3 is 35.7 Å². The fraction of sp³-hybridized carbons (Fsp3) is 0.543. The number of aromatic amines is 1. The van der Waals surface area contributed by atoms with E-state index in [-0.39, 0.29) is 64.6 Å². The van der Waals surface area contributed by atoms with Gasteiger partial charge in [0.1, 0.15) is 17.0 Å². The quantitative estimate of drug-likeness (QED) is 0.212. The molecule has 2 aliphatic carbocycles. The first-order chi connectivity index (χ1) is 23.9. The molecule has 0 radical (unpaired) electrons. The van der Waals surface area contributed by atoms with Crippen molar-refractivity contribution in [2.75, 3.05) is 63.3 Å². The number of halogens is 3. The molecule has 1 N–H and O–H groups in total. The molecule has 12 nitrogen and oxygen atoms in total. The average molecular weight is 716 g/mol. The van der Waals surface area contributed by atoms with Crippen molar-refractivity contribution in [1.82, 2.24) is 34.8 Å². The third-order valence-electron chi connectivity index (χ3n) is 10.3. The van der Waals surface area contributed by atoms with Gasteiger partial charge in [-0.15, -0.1) is 0 Å². The van der Waals surface area contributed by atoms with E-state index >= 15 is 0 Å². The zero-order valence-electron chi connectivity index (χ0n) is 29.5. The van der Waals surface area contributed by atoms with E-state index in [1.807, 2.05) is 7.05 Å². The van der Waals surface area contributed by atoms with Crippen LogP contribution in [-0.2, 0) is 15.7 Å². The molecule has 2 saturated carbocycles. The van der Waals surface area contributed by atoms with E-state index < -0.39 is 17.7 Å². The molecule has 3 aliphatic rings. The molecule has 5 heterocycles. The van der Waals surface area contributed by atoms with Crippen LogP contribution in [0.25, 0.3) is 33.9 Å². The molecule has 3 fully saturated rings. The van der Waals surface area contributed by atoms with Crippen LogP contribution in [-0.4, -0.2) is 100 Å². The number of aliphatic carboxylic acids is 1. The first-order valence-electron chi connectivity index (χ1n) is 17.1. The number of nitrogens with zero attached hydrogens (tertiary/aromatic N) is 8. The number of pyridine rings is 2. The minimum Gasteiger partial charge on any atom is -0.550 e. The van der Waals surface area contributed by atoms with Crippen LogP contribution in [0.4, 0.5) is 24.7 Å². The number of H-pyrrole nitrogens is 1. The monoisotopic (exact) mass is 715 g/mol. The molecular weight excluding hydrogens is 674 g/mol. The van der Waals surface area contributed by atoms with E-state index in [4.69, 9.17) is 19.7 Å². The van der Waals surface area contributed by atoms with Crippen molar-refractivity contribution in [2.24, 2.45) is 5.41 Å². The van der Waals surface area contributed by atoms with Gasteiger partial charge in [-0.1, -0.05) is 6.42 Å². The molecule has 1 saturated heterocycles. The summed E-state index contributed by atoms with van der Waals surface area (Å²) in [5, 5.41) is 10.9. The van der Waals surface area contributed by atoms with Crippen molar-refractivity contribution >= 4 is 28.6 Å². The van der Waals surface area contributed by atoms with Gasteiger partial charge in [0.15, 0.2) is 11.5 Å². The van der Waals surface area contributed by atoms with Gasteiger partial charge in [0.05, 0.1) is 41.6 Å². The standard InChI is InChI=1S/C35H42F3N9O3.Na/c1-21-18-46(10-7-29(48)49)11-12-47(21)28-17-39-26(16-40-28)32-43-31-27(45(2)19-34(20-50-3)8-4-9-34)14-25(42-33(31)44-32)23-13-24(35(36,37)38)30(41-15-23)22-5-6-22;/h13-17,21-22H,4-12,18-20H2,1-3H3,(H,48,49)(H,42,43,44);/q;+1/p-1/t21-;/m0./s1. The second-order valence-corrected chi connectivity index (χ2v) is 14.1. The van der Waals surface area contributed by atoms with E-state index in [0.717, 1.165) is 24.9 Å². The Labute approximate surface area is 316 Å². The number of piperazine rings is 1. The van der Waals surface area contributed by atoms with Gasteiger partial charge in [-0.3, -0.25) is 9.88 Å². The molecule has 266 valence electrons. The molecule has 4 aromatic heterocycles. The minimum absolute atomic E-state index is 0. The van der Waals surface area contributed by atoms with Crippen LogP contribution in [0, 0.1) is 5.41 Å². The summed E-state index contributed by atoms with van der Waals surface area (Å²) in [6, 6.07) is 3.07. The fourth-order valence-electron chi connectivity index (χ4n) is 7.40. The van der Waals surface area contributed by atoms with Crippen LogP contribution in [0.3, 0.4) is 0 Å². The number of carboxylic acids is 1. The predicted octanol–water partition coefficient (Wildman–Crippen LogP) is 1.28. The maximum Gasteiger partial charge on any atom is 1.00 e. The molecule has 16 heteroatoms. The number of carbonyl (C=O) groups excluding carboxylic acids is 1. The Kier molecular flexibility index (Phi) is 10.9. The molecule has 7 rings (SSSR count). The van der Waals surface area contributed by atoms with E-state index in [0.29, 0.717) is 86.4 Å². The number of imidazole rings is 1. The van der Waals surface area contributed by atoms with E-state index in [2.05, 4.69) is 36.6 Å². The first kappa shape index (κ1) is 37.4. The van der Waals surface area contributed by atoms with E-state index in [9.17, 15) is 23.1 Å². The number of hydrogen-bond acceptors (Lipinski definition) is 11. The Balaban J connectivity index is 0.00000448. The summed E-state index contributed by atoms with van der Waals surface area (Å²) in [6.45, 7) is 5.88. The molecule has 0 amide bonds. The number of ether oxygens (including phenoxy) is 1. The second-order valence-electron chi connectivity index (χ2n) is 14.1. The van der Waals surface area contributed by atoms with Crippen molar-refractivity contribution in [3.8, 4) is 22.8 Å². The van der Waals surface area contributed by atoms with Gasteiger partial charge in [0.25, 0.3) is 0 Å². The van der Waals surface area contributed by atoms with Gasteiger partial charge in [0.2, 0.25) is 0 Å². The third kappa shape index (κ3) is 8.02. The summed E-state index contributed by atoms with van der Waals surface area (Å²) in [7, 11) is 3.67. The largest absolute Gasteiger partial charge is 1.00 e. The normalized spacial score (nSPS) is 19.1. The van der Waals surface area contributed by atoms with Crippen molar-refractivity contribution in [3.63, 3.8) is 0 Å². The topological polar surface area (TPSA) is 139 Å². The van der Waals surface area contributed by atoms with Gasteiger partial charge in [0, 0.05) is 82.0 Å². The van der Waals surface area contributed by atoms with Crippen LogP contribution < -0.4 is 44.5 Å². The Bertz CT molecular complexity index is 1870. The first-order valence-corrected chi connectivity index (χ1v) is 17.1. The van der Waals surface area contributed by atoms with E-state index in [1.54, 1.807) is 25.6 Å². The zero-order valence-corrected chi connectivity index (χ0v) is 31.5. The molecular formula is C35H41F3N9NaO3. The number of anilines is 2. The summed E-state index contributed by atoms with van der Waals surface area (Å²) < 4.78 is 48.2. The molecule has 4 aromatic rings. The van der Waals surface area contributed by atoms with Crippen LogP contribution in [0.15, 0.2) is 30.7 Å². The second kappa shape index (κ2) is 14.9. The molecule has 0 bridgehead atoms. The Hall–Kier alpha value is -3.37. The van der Waals surface area contributed by atoms with Gasteiger partial charge < -0.3 is 29.4 Å². The summed E-state index contributed by atoms with van der Waals surface area (Å²) >= 11 is 0. The summed E-state index contributed by atoms with van der Waals surface area (Å²) in [5.74, 6) is -0.0786. The van der Waals surface area contributed by atoms with Gasteiger partial charge in [-0.2, -0.15) is 13.2 Å². The number of hydrogen-bond donors (Lipinski definition) is 1. The number of aromatic nitrogens is 6. The van der Waals surface area contributed by atoms with Crippen LogP contribution >= 0.6 is 0 Å². The van der Waals surface area contributed by atoms with Crippen LogP contribution in [0.2, 0.25) is 0 Å². The summed E-state index contributed by atoms with van der Waals surface area (Å²) in [4.78, 5) is 43.8. The number of carboxylic acid groups (broad SMARTS) is 1. The van der Waals surface area contributed by atoms with Crippen LogP contribution in [0.1, 0.15) is 62.6 Å². The number of methoxy groups -OCH3 is 1. The average Bonchev–Trinajstić information content (AvgIpc) is 3.83. The number of rotatable bonds is 12. The van der Waals surface area contributed by atoms with E-state index in [1.165, 1.54) is 12.3 Å². The summed E-state index contributed by atoms with van der Waals surface area (Å²) in [6.07, 6.45) is 4.88. The maximum atomic E-state index is 14.2. The Morgan fingerprint density at radius 3 is 2.49 bits per heavy atom. The third-order valence-corrected chi connectivity index (χ3v) is 10.3. The number of carbonyl (C=O) groups is 1. The number of fused-ring (bicyclic) bond motifs is 1. The van der Waals surface area contributed by atoms with Crippen molar-refractivity contribution in [3.05, 3.63) is 42.0 Å². The molecule has 0 unspecified atom stereocenters. The van der Waals surface area contributed by atoms with Gasteiger partial charge in [-0.05, 0) is 51.2 Å². The molecule has 0 aromatic carbocycles. The van der Waals surface area contributed by atoms with Crippen molar-refractivity contribution < 1.29 is 57.4 Å². The summed E-state index contributed by atoms with van der Waals surface area (Å²) in [5.41, 5.74) is 2.22. The minimum atomic E-state index is -4.53. The number of alkyl halides is 3. The Morgan fingerprint density at radius 1 is 1.10 bits per heavy atom. The Morgan fingerprint density at radius 2 is 1.88 bits per heavy atom. The molecule has 0 spiro atoms. The predicted molar refractivity (Wildman–Crippen MR) is 179 cm³/mol. The van der Waals surface area contributed by atoms with Crippen LogP contribution in [0.5, 0.6) is 0 Å². The number of nitrogens with one attached hydrogen (secondary N) is 1. The molecule has 51 heavy (non-hydrogen) atoms. The molecule has 1 aliphatic heterocycles. The SMILES string of the molecule is COCC1(CN(C)c2cc(-c3cnc(C4CC4)c(C(F)(F)F)c3)nc3nc(-c4cnc(N5CCN(CCC(=O)[O-])C[C@@H]5C)cn4)[nH]c23)CCC1.[Na+]. The molecule has 1 atom stereocenters. The maximum absolute atomic E-state index is 14.2. The smallest absolute Gasteiger partial charge is 0.550 e. The van der Waals surface area contributed by atoms with Gasteiger partial charge in [-0.25, -0.2) is 19.9 Å². The zero-order chi connectivity index (χ0) is 35.2. The van der Waals surface area contributed by atoms with Crippen molar-refractivity contribution in [1.29, 1.82) is 0 Å². The fourth-order valence-corrected chi connectivity index (χ4v) is 7.40.